The summed E-state index contributed by atoms with van der Waals surface area (Å²) in [5.74, 6) is 0.296. The third kappa shape index (κ3) is 5.04. The van der Waals surface area contributed by atoms with Gasteiger partial charge in [0.2, 0.25) is 5.52 Å². The van der Waals surface area contributed by atoms with Gasteiger partial charge in [-0.1, -0.05) is 39.8 Å². The minimum absolute atomic E-state index is 0.189. The molecule has 0 aliphatic heterocycles. The van der Waals surface area contributed by atoms with E-state index in [2.05, 4.69) is 27.7 Å². The molecule has 0 aromatic heterocycles. The molecule has 2 unspecified atom stereocenters. The second-order valence-corrected chi connectivity index (χ2v) is 8.94. The molecule has 117 valence electrons. The van der Waals surface area contributed by atoms with Crippen LogP contribution in [0.3, 0.4) is 0 Å². The molecule has 0 saturated carbocycles. The molecule has 0 amide bonds. The molecule has 0 N–H and O–H groups in total. The Morgan fingerprint density at radius 2 is 1.71 bits per heavy atom. The van der Waals surface area contributed by atoms with E-state index in [1.807, 2.05) is 32.9 Å². The van der Waals surface area contributed by atoms with Crippen LogP contribution in [0.4, 0.5) is 0 Å². The van der Waals surface area contributed by atoms with E-state index >= 15 is 0 Å². The monoisotopic (exact) mass is 307 g/mol. The molecule has 1 rings (SSSR count). The van der Waals surface area contributed by atoms with Gasteiger partial charge in [-0.25, -0.2) is 0 Å². The molecule has 0 bridgehead atoms. The number of hydrogen-bond donors (Lipinski definition) is 0. The lowest BCUT2D eigenvalue weighted by Crippen LogP contribution is -2.13. The van der Waals surface area contributed by atoms with Crippen molar-refractivity contribution in [2.75, 3.05) is 6.16 Å². The Hall–Kier alpha value is -1.01. The van der Waals surface area contributed by atoms with Gasteiger partial charge in [0, 0.05) is 11.7 Å². The Labute approximate surface area is 130 Å². The third-order valence-corrected chi connectivity index (χ3v) is 5.60. The van der Waals surface area contributed by atoms with Crippen molar-refractivity contribution < 1.29 is 9.36 Å². The van der Waals surface area contributed by atoms with Crippen molar-refractivity contribution in [1.29, 1.82) is 0 Å². The summed E-state index contributed by atoms with van der Waals surface area (Å²) in [6, 6.07) is 3.76. The van der Waals surface area contributed by atoms with Crippen molar-refractivity contribution in [3.8, 4) is 0 Å². The molecule has 21 heavy (non-hydrogen) atoms. The average molecular weight is 307 g/mol. The highest BCUT2D eigenvalue weighted by molar-refractivity contribution is 7.64. The fourth-order valence-corrected chi connectivity index (χ4v) is 4.17. The van der Waals surface area contributed by atoms with Crippen molar-refractivity contribution in [1.82, 2.24) is 0 Å². The summed E-state index contributed by atoms with van der Waals surface area (Å²) < 4.78 is 12.4. The van der Waals surface area contributed by atoms with Gasteiger partial charge in [0.15, 0.2) is 0 Å². The van der Waals surface area contributed by atoms with E-state index in [4.69, 9.17) is 0 Å². The first-order valence-corrected chi connectivity index (χ1v) is 9.03. The Balaban J connectivity index is 2.85. The summed E-state index contributed by atoms with van der Waals surface area (Å²) in [6.45, 7) is 14.6. The van der Waals surface area contributed by atoms with Crippen LogP contribution in [0.5, 0.6) is 0 Å². The molecule has 0 aliphatic carbocycles. The second-order valence-electron chi connectivity index (χ2n) is 7.42. The molecule has 0 aliphatic rings. The van der Waals surface area contributed by atoms with Crippen LogP contribution in [-0.2, 0) is 4.57 Å². The summed E-state index contributed by atoms with van der Waals surface area (Å²) in [7, 11) is -1.84. The number of carbonyl (C=O) groups is 1. The third-order valence-electron chi connectivity index (χ3n) is 3.95. The number of aryl methyl sites for hydroxylation is 1. The maximum atomic E-state index is 12.4. The van der Waals surface area contributed by atoms with Gasteiger partial charge in [-0.2, -0.15) is 0 Å². The number of hydrogen-bond acceptors (Lipinski definition) is 2. The maximum Gasteiger partial charge on any atom is 0.242 e. The number of carbonyl (C=O) groups excluding carboxylic acids is 1. The molecule has 1 aromatic carbocycles. The molecule has 2 atom stereocenters. The van der Waals surface area contributed by atoms with E-state index in [9.17, 15) is 9.36 Å². The quantitative estimate of drug-likeness (QED) is 0.658. The van der Waals surface area contributed by atoms with E-state index in [1.165, 1.54) is 5.56 Å². The van der Waals surface area contributed by atoms with Gasteiger partial charge < -0.3 is 0 Å². The molecule has 2 nitrogen and oxygen atoms in total. The molecule has 1 aromatic rings. The van der Waals surface area contributed by atoms with E-state index < -0.39 is 7.80 Å². The molecular weight excluding hydrogens is 279 g/mol. The van der Waals surface area contributed by atoms with Gasteiger partial charge in [-0.05, 0) is 55.2 Å². The summed E-state index contributed by atoms with van der Waals surface area (Å²) in [5.41, 5.74) is 3.89. The minimum Gasteiger partial charge on any atom is -0.281 e. The minimum atomic E-state index is -1.84. The lowest BCUT2D eigenvalue weighted by Gasteiger charge is -2.22. The van der Waals surface area contributed by atoms with Gasteiger partial charge in [-0.15, -0.1) is 0 Å². The zero-order valence-corrected chi connectivity index (χ0v) is 15.3. The van der Waals surface area contributed by atoms with Crippen LogP contribution in [0.15, 0.2) is 12.1 Å². The van der Waals surface area contributed by atoms with Crippen molar-refractivity contribution in [2.24, 2.45) is 11.3 Å². The Morgan fingerprint density at radius 3 is 2.24 bits per heavy atom. The molecule has 3 heteroatoms. The molecule has 0 heterocycles. The van der Waals surface area contributed by atoms with Gasteiger partial charge in [0.25, 0.3) is 0 Å². The van der Waals surface area contributed by atoms with Crippen molar-refractivity contribution in [2.45, 2.75) is 54.9 Å². The lowest BCUT2D eigenvalue weighted by atomic mass is 9.86. The Kier molecular flexibility index (Phi) is 5.87. The van der Waals surface area contributed by atoms with E-state index in [1.54, 1.807) is 0 Å². The standard InChI is InChI=1S/C18H28O2P/c1-12(10-18(5,6)7)11-21(20)17(19)16-9-8-13(2)14(3)15(16)4/h8-9,12H,10-11H2,1-7H3. The van der Waals surface area contributed by atoms with Crippen molar-refractivity contribution in [3.63, 3.8) is 0 Å². The van der Waals surface area contributed by atoms with Crippen LogP contribution < -0.4 is 0 Å². The fourth-order valence-electron chi connectivity index (χ4n) is 2.80. The molecule has 0 saturated heterocycles. The van der Waals surface area contributed by atoms with Crippen LogP contribution >= 0.6 is 7.80 Å². The van der Waals surface area contributed by atoms with Crippen LogP contribution in [0.1, 0.15) is 61.2 Å². The first-order chi connectivity index (χ1) is 9.53. The highest BCUT2D eigenvalue weighted by atomic mass is 31.1. The highest BCUT2D eigenvalue weighted by Crippen LogP contribution is 2.35. The predicted molar refractivity (Wildman–Crippen MR) is 90.7 cm³/mol. The highest BCUT2D eigenvalue weighted by Gasteiger charge is 2.23. The Bertz CT molecular complexity index is 553. The van der Waals surface area contributed by atoms with E-state index in [-0.39, 0.29) is 10.9 Å². The SMILES string of the molecule is Cc1ccc(C(=O)[P](=O)CC(C)CC(C)(C)C)c(C)c1C. The summed E-state index contributed by atoms with van der Waals surface area (Å²) in [5, 5.41) is 0. The second kappa shape index (κ2) is 6.83. The largest absolute Gasteiger partial charge is 0.281 e. The maximum absolute atomic E-state index is 12.4. The van der Waals surface area contributed by atoms with Gasteiger partial charge in [0.05, 0.1) is 0 Å². The van der Waals surface area contributed by atoms with Crippen LogP contribution in [-0.4, -0.2) is 11.7 Å². The zero-order valence-electron chi connectivity index (χ0n) is 14.4. The number of rotatable bonds is 5. The predicted octanol–water partition coefficient (Wildman–Crippen LogP) is 5.65. The van der Waals surface area contributed by atoms with Crippen molar-refractivity contribution >= 4 is 13.3 Å². The number of benzene rings is 1. The van der Waals surface area contributed by atoms with Gasteiger partial charge in [-0.3, -0.25) is 9.36 Å². The van der Waals surface area contributed by atoms with E-state index in [0.29, 0.717) is 17.6 Å². The average Bonchev–Trinajstić information content (AvgIpc) is 2.33. The molecule has 0 fully saturated rings. The normalized spacial score (nSPS) is 14.0. The smallest absolute Gasteiger partial charge is 0.242 e. The van der Waals surface area contributed by atoms with Crippen LogP contribution in [0.2, 0.25) is 0 Å². The van der Waals surface area contributed by atoms with Crippen LogP contribution in [0, 0.1) is 32.1 Å². The first kappa shape index (κ1) is 18.0. The van der Waals surface area contributed by atoms with E-state index in [0.717, 1.165) is 17.5 Å². The summed E-state index contributed by atoms with van der Waals surface area (Å²) in [6.07, 6.45) is 1.46. The zero-order chi connectivity index (χ0) is 16.4. The molecular formula is C18H28O2P. The molecule has 0 spiro atoms. The van der Waals surface area contributed by atoms with Gasteiger partial charge in [0.1, 0.15) is 7.80 Å². The summed E-state index contributed by atoms with van der Waals surface area (Å²) in [4.78, 5) is 12.4. The molecule has 1 radical (unpaired) electrons. The fraction of sp³-hybridized carbons (Fsp3) is 0.611. The topological polar surface area (TPSA) is 34.1 Å². The summed E-state index contributed by atoms with van der Waals surface area (Å²) >= 11 is 0. The van der Waals surface area contributed by atoms with Gasteiger partial charge >= 0.3 is 0 Å². The first-order valence-electron chi connectivity index (χ1n) is 7.58. The van der Waals surface area contributed by atoms with Crippen molar-refractivity contribution in [3.05, 3.63) is 34.4 Å². The Morgan fingerprint density at radius 1 is 1.14 bits per heavy atom. The lowest BCUT2D eigenvalue weighted by molar-refractivity contribution is 0.107. The van der Waals surface area contributed by atoms with Crippen LogP contribution in [0.25, 0.3) is 0 Å².